The Balaban J connectivity index is 1.19. The van der Waals surface area contributed by atoms with Crippen LogP contribution in [0.2, 0.25) is 0 Å². The lowest BCUT2D eigenvalue weighted by molar-refractivity contribution is 0.264. The van der Waals surface area contributed by atoms with Gasteiger partial charge in [0.05, 0.1) is 0 Å². The lowest BCUT2D eigenvalue weighted by Crippen LogP contribution is -2.28. The van der Waals surface area contributed by atoms with Crippen molar-refractivity contribution in [2.45, 2.75) is 65.2 Å². The van der Waals surface area contributed by atoms with Gasteiger partial charge in [0, 0.05) is 36.7 Å². The molecule has 4 N–H and O–H groups in total. The molecule has 0 saturated carbocycles. The first-order valence-electron chi connectivity index (χ1n) is 16.3. The maximum absolute atomic E-state index is 4.73. The van der Waals surface area contributed by atoms with Crippen LogP contribution in [-0.4, -0.2) is 64.1 Å². The molecular weight excluding hydrogens is 532 g/mol. The first-order chi connectivity index (χ1) is 21.2. The van der Waals surface area contributed by atoms with Gasteiger partial charge in [0.15, 0.2) is 0 Å². The van der Waals surface area contributed by atoms with E-state index in [0.717, 1.165) is 51.9 Å². The van der Waals surface area contributed by atoms with Gasteiger partial charge in [0.2, 0.25) is 17.8 Å². The molecule has 2 aromatic heterocycles. The molecule has 0 spiro atoms. The average molecular weight is 581 g/mol. The van der Waals surface area contributed by atoms with Gasteiger partial charge in [-0.05, 0) is 86.5 Å². The van der Waals surface area contributed by atoms with Crippen molar-refractivity contribution in [2.75, 3.05) is 55.2 Å². The van der Waals surface area contributed by atoms with E-state index in [1.165, 1.54) is 71.9 Å². The van der Waals surface area contributed by atoms with Crippen LogP contribution in [0.25, 0.3) is 16.5 Å². The number of aromatic amines is 1. The van der Waals surface area contributed by atoms with E-state index in [2.05, 4.69) is 100 Å². The number of hydrogen-bond donors (Lipinski definition) is 4. The van der Waals surface area contributed by atoms with Crippen molar-refractivity contribution in [2.24, 2.45) is 0 Å². The van der Waals surface area contributed by atoms with Gasteiger partial charge in [0.25, 0.3) is 0 Å². The molecule has 1 aliphatic rings. The standard InChI is InChI=1S/C35H48N8/c1-3-5-23-43(24-6-4-2)25-11-20-36-33-40-34(37-21-18-28-17-16-27-12-7-8-13-30(27)28)42-35(41-33)38-22-19-29-26-39-32-15-10-9-14-31(29)32/h7-10,12-15,17,26,39H,3-6,11,16,18-25H2,1-2H3,(H3,36,37,38,40,41,42). The van der Waals surface area contributed by atoms with Crippen molar-refractivity contribution < 1.29 is 0 Å². The smallest absolute Gasteiger partial charge is 0.229 e. The van der Waals surface area contributed by atoms with Crippen LogP contribution >= 0.6 is 0 Å². The zero-order valence-corrected chi connectivity index (χ0v) is 26.0. The number of rotatable bonds is 19. The van der Waals surface area contributed by atoms with Crippen molar-refractivity contribution in [1.82, 2.24) is 24.8 Å². The van der Waals surface area contributed by atoms with Crippen LogP contribution in [0.5, 0.6) is 0 Å². The zero-order valence-electron chi connectivity index (χ0n) is 26.0. The number of anilines is 3. The van der Waals surface area contributed by atoms with Crippen LogP contribution in [0, 0.1) is 0 Å². The van der Waals surface area contributed by atoms with Crippen molar-refractivity contribution in [3.05, 3.63) is 77.5 Å². The van der Waals surface area contributed by atoms with Gasteiger partial charge in [-0.1, -0.05) is 75.2 Å². The van der Waals surface area contributed by atoms with E-state index in [-0.39, 0.29) is 0 Å². The summed E-state index contributed by atoms with van der Waals surface area (Å²) in [6.07, 6.45) is 13.3. The number of unbranched alkanes of at least 4 members (excludes halogenated alkanes) is 2. The summed E-state index contributed by atoms with van der Waals surface area (Å²) in [4.78, 5) is 20.2. The van der Waals surface area contributed by atoms with Gasteiger partial charge in [-0.15, -0.1) is 0 Å². The topological polar surface area (TPSA) is 93.8 Å². The molecule has 8 nitrogen and oxygen atoms in total. The maximum atomic E-state index is 4.73. The largest absolute Gasteiger partial charge is 0.361 e. The van der Waals surface area contributed by atoms with Crippen molar-refractivity contribution in [3.8, 4) is 0 Å². The minimum absolute atomic E-state index is 0.595. The van der Waals surface area contributed by atoms with Gasteiger partial charge in [-0.25, -0.2) is 0 Å². The van der Waals surface area contributed by atoms with E-state index in [0.29, 0.717) is 17.8 Å². The van der Waals surface area contributed by atoms with Crippen LogP contribution in [0.4, 0.5) is 17.8 Å². The summed E-state index contributed by atoms with van der Waals surface area (Å²) in [7, 11) is 0. The monoisotopic (exact) mass is 580 g/mol. The SMILES string of the molecule is CCCCN(CCCC)CCCNc1nc(NCCC2=CCc3ccccc32)nc(NCCc2c[nH]c3ccccc23)n1. The molecule has 0 radical (unpaired) electrons. The van der Waals surface area contributed by atoms with Gasteiger partial charge in [-0.3, -0.25) is 0 Å². The molecule has 0 amide bonds. The van der Waals surface area contributed by atoms with E-state index < -0.39 is 0 Å². The Hall–Kier alpha value is -3.91. The summed E-state index contributed by atoms with van der Waals surface area (Å²) in [5.74, 6) is 1.82. The van der Waals surface area contributed by atoms with Crippen molar-refractivity contribution >= 4 is 34.3 Å². The molecule has 0 fully saturated rings. The molecule has 2 heterocycles. The third-order valence-corrected chi connectivity index (χ3v) is 8.19. The molecule has 0 unspecified atom stereocenters. The highest BCUT2D eigenvalue weighted by Gasteiger charge is 2.14. The number of aromatic nitrogens is 4. The van der Waals surface area contributed by atoms with Crippen molar-refractivity contribution in [1.29, 1.82) is 0 Å². The Labute approximate surface area is 256 Å². The summed E-state index contributed by atoms with van der Waals surface area (Å²) in [5.41, 5.74) is 6.62. The summed E-state index contributed by atoms with van der Waals surface area (Å²) in [6.45, 7) is 10.3. The predicted octanol–water partition coefficient (Wildman–Crippen LogP) is 7.15. The Morgan fingerprint density at radius 2 is 1.35 bits per heavy atom. The van der Waals surface area contributed by atoms with Crippen LogP contribution < -0.4 is 16.0 Å². The van der Waals surface area contributed by atoms with Crippen LogP contribution in [0.1, 0.15) is 69.1 Å². The number of benzene rings is 2. The summed E-state index contributed by atoms with van der Waals surface area (Å²) >= 11 is 0. The Kier molecular flexibility index (Phi) is 11.4. The molecule has 4 aromatic rings. The highest BCUT2D eigenvalue weighted by molar-refractivity contribution is 5.83. The number of nitrogens with one attached hydrogen (secondary N) is 4. The molecule has 0 aliphatic heterocycles. The fourth-order valence-corrected chi connectivity index (χ4v) is 5.76. The number of allylic oxidation sites excluding steroid dienone is 1. The second-order valence-electron chi connectivity index (χ2n) is 11.4. The lowest BCUT2D eigenvalue weighted by Gasteiger charge is -2.22. The normalized spacial score (nSPS) is 12.5. The van der Waals surface area contributed by atoms with Gasteiger partial charge in [0.1, 0.15) is 0 Å². The van der Waals surface area contributed by atoms with Crippen LogP contribution in [0.3, 0.4) is 0 Å². The second-order valence-corrected chi connectivity index (χ2v) is 11.4. The first kappa shape index (κ1) is 30.5. The molecule has 43 heavy (non-hydrogen) atoms. The molecule has 0 saturated heterocycles. The van der Waals surface area contributed by atoms with E-state index in [4.69, 9.17) is 15.0 Å². The number of fused-ring (bicyclic) bond motifs is 2. The highest BCUT2D eigenvalue weighted by Crippen LogP contribution is 2.29. The predicted molar refractivity (Wildman–Crippen MR) is 181 cm³/mol. The molecule has 5 rings (SSSR count). The minimum atomic E-state index is 0.595. The van der Waals surface area contributed by atoms with E-state index in [1.54, 1.807) is 0 Å². The first-order valence-corrected chi connectivity index (χ1v) is 16.3. The van der Waals surface area contributed by atoms with Gasteiger partial charge < -0.3 is 25.8 Å². The average Bonchev–Trinajstić information content (AvgIpc) is 3.64. The quantitative estimate of drug-likeness (QED) is 0.0875. The summed E-state index contributed by atoms with van der Waals surface area (Å²) < 4.78 is 0. The third kappa shape index (κ3) is 8.80. The number of nitrogens with zero attached hydrogens (tertiary/aromatic N) is 4. The van der Waals surface area contributed by atoms with E-state index >= 15 is 0 Å². The molecule has 8 heteroatoms. The maximum Gasteiger partial charge on any atom is 0.229 e. The summed E-state index contributed by atoms with van der Waals surface area (Å²) in [5, 5.41) is 11.7. The number of para-hydroxylation sites is 1. The van der Waals surface area contributed by atoms with Crippen molar-refractivity contribution in [3.63, 3.8) is 0 Å². The fraction of sp³-hybridized carbons (Fsp3) is 0.457. The van der Waals surface area contributed by atoms with E-state index in [1.807, 2.05) is 0 Å². The van der Waals surface area contributed by atoms with Crippen LogP contribution in [0.15, 0.2) is 60.8 Å². The molecule has 0 bridgehead atoms. The molecule has 228 valence electrons. The molecule has 1 aliphatic carbocycles. The number of hydrogen-bond acceptors (Lipinski definition) is 7. The third-order valence-electron chi connectivity index (χ3n) is 8.19. The Morgan fingerprint density at radius 1 is 0.721 bits per heavy atom. The second kappa shape index (κ2) is 16.1. The molecule has 0 atom stereocenters. The lowest BCUT2D eigenvalue weighted by atomic mass is 10.0. The summed E-state index contributed by atoms with van der Waals surface area (Å²) in [6, 6.07) is 17.1. The zero-order chi connectivity index (χ0) is 29.7. The minimum Gasteiger partial charge on any atom is -0.361 e. The van der Waals surface area contributed by atoms with Crippen LogP contribution in [-0.2, 0) is 12.8 Å². The van der Waals surface area contributed by atoms with Gasteiger partial charge >= 0.3 is 0 Å². The molecular formula is C35H48N8. The molecule has 2 aromatic carbocycles. The van der Waals surface area contributed by atoms with Gasteiger partial charge in [-0.2, -0.15) is 15.0 Å². The Bertz CT molecular complexity index is 1450. The highest BCUT2D eigenvalue weighted by atomic mass is 15.3. The van der Waals surface area contributed by atoms with E-state index in [9.17, 15) is 0 Å². The Morgan fingerprint density at radius 3 is 2.09 bits per heavy atom. The fourth-order valence-electron chi connectivity index (χ4n) is 5.76. The number of H-pyrrole nitrogens is 1.